The topological polar surface area (TPSA) is 94.2 Å². The van der Waals surface area contributed by atoms with Crippen LogP contribution in [0.3, 0.4) is 0 Å². The zero-order chi connectivity index (χ0) is 20.7. The van der Waals surface area contributed by atoms with E-state index in [0.717, 1.165) is 0 Å². The molecule has 1 aromatic carbocycles. The maximum atomic E-state index is 12.6. The van der Waals surface area contributed by atoms with Crippen molar-refractivity contribution >= 4 is 17.8 Å². The number of carbonyl (C=O) groups excluding carboxylic acids is 3. The van der Waals surface area contributed by atoms with Crippen LogP contribution in [0.2, 0.25) is 0 Å². The van der Waals surface area contributed by atoms with E-state index in [2.05, 4.69) is 5.32 Å². The van der Waals surface area contributed by atoms with Gasteiger partial charge in [0.25, 0.3) is 11.8 Å². The van der Waals surface area contributed by atoms with E-state index in [4.69, 9.17) is 14.2 Å². The van der Waals surface area contributed by atoms with Crippen molar-refractivity contribution in [3.05, 3.63) is 29.8 Å². The molecular weight excluding hydrogens is 364 g/mol. The van der Waals surface area contributed by atoms with Gasteiger partial charge < -0.3 is 24.4 Å². The lowest BCUT2D eigenvalue weighted by atomic mass is 10.0. The third kappa shape index (κ3) is 5.45. The van der Waals surface area contributed by atoms with E-state index in [0.29, 0.717) is 37.6 Å². The highest BCUT2D eigenvalue weighted by molar-refractivity contribution is 5.99. The van der Waals surface area contributed by atoms with E-state index >= 15 is 0 Å². The highest BCUT2D eigenvalue weighted by Gasteiger charge is 2.31. The zero-order valence-corrected chi connectivity index (χ0v) is 16.8. The standard InChI is InChI=1S/C20H28N2O6/c1-13(2)17(21-18(23)15-7-5-6-8-16(15)26-4)20(25)28-14(3)19(24)22-9-11-27-12-10-22/h5-8,13-14,17H,9-12H2,1-4H3,(H,21,23)/t14-,17+/m0/s1. The second-order valence-electron chi connectivity index (χ2n) is 6.91. The zero-order valence-electron chi connectivity index (χ0n) is 16.8. The first-order valence-electron chi connectivity index (χ1n) is 9.36. The molecular formula is C20H28N2O6. The van der Waals surface area contributed by atoms with Crippen LogP contribution in [0.4, 0.5) is 0 Å². The van der Waals surface area contributed by atoms with Crippen molar-refractivity contribution in [2.45, 2.75) is 32.9 Å². The summed E-state index contributed by atoms with van der Waals surface area (Å²) in [7, 11) is 1.47. The van der Waals surface area contributed by atoms with Crippen LogP contribution in [0.5, 0.6) is 5.75 Å². The van der Waals surface area contributed by atoms with Gasteiger partial charge in [-0.1, -0.05) is 26.0 Å². The normalized spacial score (nSPS) is 16.2. The molecule has 8 heteroatoms. The summed E-state index contributed by atoms with van der Waals surface area (Å²) in [4.78, 5) is 39.3. The third-order valence-electron chi connectivity index (χ3n) is 4.52. The fourth-order valence-corrected chi connectivity index (χ4v) is 2.89. The molecule has 2 atom stereocenters. The second kappa shape index (κ2) is 10.1. The third-order valence-corrected chi connectivity index (χ3v) is 4.52. The summed E-state index contributed by atoms with van der Waals surface area (Å²) in [5.41, 5.74) is 0.320. The minimum Gasteiger partial charge on any atom is -0.496 e. The van der Waals surface area contributed by atoms with E-state index in [1.165, 1.54) is 14.0 Å². The number of hydrogen-bond acceptors (Lipinski definition) is 6. The number of para-hydroxylation sites is 1. The molecule has 0 aromatic heterocycles. The Kier molecular flexibility index (Phi) is 7.80. The molecule has 8 nitrogen and oxygen atoms in total. The SMILES string of the molecule is COc1ccccc1C(=O)N[C@@H](C(=O)O[C@@H](C)C(=O)N1CCOCC1)C(C)C. The largest absolute Gasteiger partial charge is 0.496 e. The Hall–Kier alpha value is -2.61. The van der Waals surface area contributed by atoms with Gasteiger partial charge in [0.1, 0.15) is 11.8 Å². The Balaban J connectivity index is 2.03. The summed E-state index contributed by atoms with van der Waals surface area (Å²) in [5, 5.41) is 2.69. The number of carbonyl (C=O) groups is 3. The van der Waals surface area contributed by atoms with Crippen LogP contribution in [0.1, 0.15) is 31.1 Å². The molecule has 1 N–H and O–H groups in total. The van der Waals surface area contributed by atoms with E-state index < -0.39 is 24.0 Å². The van der Waals surface area contributed by atoms with Gasteiger partial charge in [-0.2, -0.15) is 0 Å². The summed E-state index contributed by atoms with van der Waals surface area (Å²) in [6, 6.07) is 5.85. The molecule has 1 heterocycles. The Labute approximate surface area is 165 Å². The summed E-state index contributed by atoms with van der Waals surface area (Å²) in [5.74, 6) is -1.17. The molecule has 1 aromatic rings. The number of nitrogens with zero attached hydrogens (tertiary/aromatic N) is 1. The van der Waals surface area contributed by atoms with Crippen LogP contribution < -0.4 is 10.1 Å². The minimum atomic E-state index is -0.935. The molecule has 1 aliphatic rings. The number of hydrogen-bond donors (Lipinski definition) is 1. The van der Waals surface area contributed by atoms with Crippen molar-refractivity contribution in [1.82, 2.24) is 10.2 Å². The average Bonchev–Trinajstić information content (AvgIpc) is 2.71. The lowest BCUT2D eigenvalue weighted by Crippen LogP contribution is -2.49. The minimum absolute atomic E-state index is 0.225. The quantitative estimate of drug-likeness (QED) is 0.702. The number of morpholine rings is 1. The summed E-state index contributed by atoms with van der Waals surface area (Å²) < 4.78 is 15.8. The van der Waals surface area contributed by atoms with Gasteiger partial charge in [0.15, 0.2) is 6.10 Å². The molecule has 0 aliphatic carbocycles. The number of methoxy groups -OCH3 is 1. The molecule has 154 valence electrons. The van der Waals surface area contributed by atoms with Crippen molar-refractivity contribution in [2.24, 2.45) is 5.92 Å². The van der Waals surface area contributed by atoms with Crippen molar-refractivity contribution in [3.8, 4) is 5.75 Å². The molecule has 1 aliphatic heterocycles. The first-order valence-corrected chi connectivity index (χ1v) is 9.36. The van der Waals surface area contributed by atoms with Crippen LogP contribution in [0.15, 0.2) is 24.3 Å². The van der Waals surface area contributed by atoms with Crippen molar-refractivity contribution < 1.29 is 28.6 Å². The van der Waals surface area contributed by atoms with Crippen LogP contribution in [0, 0.1) is 5.92 Å². The predicted molar refractivity (Wildman–Crippen MR) is 102 cm³/mol. The second-order valence-corrected chi connectivity index (χ2v) is 6.91. The molecule has 2 rings (SSSR count). The van der Waals surface area contributed by atoms with Crippen molar-refractivity contribution in [3.63, 3.8) is 0 Å². The molecule has 0 radical (unpaired) electrons. The van der Waals surface area contributed by atoms with Gasteiger partial charge in [0.05, 0.1) is 25.9 Å². The number of amides is 2. The van der Waals surface area contributed by atoms with Crippen LogP contribution in [0.25, 0.3) is 0 Å². The average molecular weight is 392 g/mol. The van der Waals surface area contributed by atoms with Gasteiger partial charge in [-0.15, -0.1) is 0 Å². The Morgan fingerprint density at radius 2 is 1.75 bits per heavy atom. The number of ether oxygens (including phenoxy) is 3. The van der Waals surface area contributed by atoms with E-state index in [9.17, 15) is 14.4 Å². The van der Waals surface area contributed by atoms with Crippen LogP contribution >= 0.6 is 0 Å². The van der Waals surface area contributed by atoms with Crippen molar-refractivity contribution in [1.29, 1.82) is 0 Å². The summed E-state index contributed by atoms with van der Waals surface area (Å²) in [6.45, 7) is 7.00. The number of nitrogens with one attached hydrogen (secondary N) is 1. The van der Waals surface area contributed by atoms with Gasteiger partial charge in [0.2, 0.25) is 0 Å². The molecule has 0 bridgehead atoms. The molecule has 2 amide bonds. The van der Waals surface area contributed by atoms with Crippen molar-refractivity contribution in [2.75, 3.05) is 33.4 Å². The number of esters is 1. The van der Waals surface area contributed by atoms with Gasteiger partial charge in [-0.05, 0) is 25.0 Å². The first kappa shape index (κ1) is 21.7. The summed E-state index contributed by atoms with van der Waals surface area (Å²) in [6.07, 6.45) is -0.935. The molecule has 28 heavy (non-hydrogen) atoms. The molecule has 1 fully saturated rings. The summed E-state index contributed by atoms with van der Waals surface area (Å²) >= 11 is 0. The van der Waals surface area contributed by atoms with Crippen LogP contribution in [-0.2, 0) is 19.1 Å². The van der Waals surface area contributed by atoms with Gasteiger partial charge in [-0.3, -0.25) is 9.59 Å². The fraction of sp³-hybridized carbons (Fsp3) is 0.550. The fourth-order valence-electron chi connectivity index (χ4n) is 2.89. The Morgan fingerprint density at radius 3 is 2.36 bits per heavy atom. The van der Waals surface area contributed by atoms with E-state index in [-0.39, 0.29) is 11.8 Å². The highest BCUT2D eigenvalue weighted by Crippen LogP contribution is 2.18. The smallest absolute Gasteiger partial charge is 0.329 e. The van der Waals surface area contributed by atoms with Gasteiger partial charge >= 0.3 is 5.97 Å². The highest BCUT2D eigenvalue weighted by atomic mass is 16.5. The van der Waals surface area contributed by atoms with Gasteiger partial charge in [-0.25, -0.2) is 4.79 Å². The number of benzene rings is 1. The predicted octanol–water partition coefficient (Wildman–Crippen LogP) is 1.24. The monoisotopic (exact) mass is 392 g/mol. The molecule has 0 saturated carbocycles. The Morgan fingerprint density at radius 1 is 1.11 bits per heavy atom. The van der Waals surface area contributed by atoms with Crippen LogP contribution in [-0.4, -0.2) is 68.2 Å². The Bertz CT molecular complexity index is 700. The lowest BCUT2D eigenvalue weighted by Gasteiger charge is -2.30. The first-order chi connectivity index (χ1) is 13.3. The van der Waals surface area contributed by atoms with Gasteiger partial charge in [0, 0.05) is 13.1 Å². The van der Waals surface area contributed by atoms with E-state index in [1.54, 1.807) is 43.0 Å². The number of rotatable bonds is 7. The molecule has 0 spiro atoms. The van der Waals surface area contributed by atoms with E-state index in [1.807, 2.05) is 0 Å². The lowest BCUT2D eigenvalue weighted by molar-refractivity contribution is -0.163. The maximum Gasteiger partial charge on any atom is 0.329 e. The molecule has 0 unspecified atom stereocenters. The maximum absolute atomic E-state index is 12.6. The molecule has 1 saturated heterocycles.